The van der Waals surface area contributed by atoms with Crippen LogP contribution in [0.15, 0.2) is 12.1 Å². The molecule has 1 saturated heterocycles. The molecule has 1 N–H and O–H groups in total. The monoisotopic (exact) mass is 321 g/mol. The summed E-state index contributed by atoms with van der Waals surface area (Å²) in [6.07, 6.45) is -0.468. The molecule has 0 radical (unpaired) electrons. The van der Waals surface area contributed by atoms with Crippen molar-refractivity contribution in [2.75, 3.05) is 19.7 Å². The van der Waals surface area contributed by atoms with Crippen molar-refractivity contribution in [1.29, 1.82) is 0 Å². The zero-order valence-electron chi connectivity index (χ0n) is 10.8. The largest absolute Gasteiger partial charge is 0.480 e. The summed E-state index contributed by atoms with van der Waals surface area (Å²) in [5.41, 5.74) is 0.482. The van der Waals surface area contributed by atoms with Crippen molar-refractivity contribution in [3.63, 3.8) is 0 Å². The first-order valence-corrected chi connectivity index (χ1v) is 6.88. The van der Waals surface area contributed by atoms with Crippen molar-refractivity contribution in [3.8, 4) is 0 Å². The molecule has 0 aromatic heterocycles. The first kappa shape index (κ1) is 15.5. The second-order valence-electron chi connectivity index (χ2n) is 4.66. The second kappa shape index (κ2) is 6.26. The molecule has 1 aliphatic rings. The fraction of sp³-hybridized carbons (Fsp3) is 0.462. The lowest BCUT2D eigenvalue weighted by Gasteiger charge is -2.35. The van der Waals surface area contributed by atoms with Gasteiger partial charge in [-0.15, -0.1) is 0 Å². The van der Waals surface area contributed by atoms with E-state index in [-0.39, 0.29) is 5.02 Å². The summed E-state index contributed by atoms with van der Waals surface area (Å²) in [5.74, 6) is -1.47. The molecule has 0 amide bonds. The molecule has 2 atom stereocenters. The van der Waals surface area contributed by atoms with Crippen LogP contribution in [-0.2, 0) is 9.53 Å². The molecule has 0 saturated carbocycles. The SMILES string of the molecule is CC(C(=O)O)N1CCOC(c2cc(F)c(Cl)cc2Cl)C1. The molecule has 1 aromatic rings. The minimum absolute atomic E-state index is 0.0506. The van der Waals surface area contributed by atoms with Gasteiger partial charge in [0.25, 0.3) is 0 Å². The van der Waals surface area contributed by atoms with Crippen molar-refractivity contribution in [2.24, 2.45) is 0 Å². The summed E-state index contributed by atoms with van der Waals surface area (Å²) in [5, 5.41) is 9.30. The zero-order valence-corrected chi connectivity index (χ0v) is 12.3. The van der Waals surface area contributed by atoms with Crippen LogP contribution >= 0.6 is 23.2 Å². The smallest absolute Gasteiger partial charge is 0.320 e. The number of benzene rings is 1. The number of carbonyl (C=O) groups is 1. The maximum atomic E-state index is 13.5. The molecule has 2 unspecified atom stereocenters. The van der Waals surface area contributed by atoms with E-state index in [1.165, 1.54) is 12.1 Å². The van der Waals surface area contributed by atoms with E-state index in [2.05, 4.69) is 0 Å². The highest BCUT2D eigenvalue weighted by atomic mass is 35.5. The number of morpholine rings is 1. The van der Waals surface area contributed by atoms with Gasteiger partial charge in [0, 0.05) is 23.7 Å². The maximum Gasteiger partial charge on any atom is 0.320 e. The van der Waals surface area contributed by atoms with Crippen molar-refractivity contribution >= 4 is 29.2 Å². The normalized spacial score (nSPS) is 21.7. The third-order valence-electron chi connectivity index (χ3n) is 3.39. The van der Waals surface area contributed by atoms with E-state index in [0.717, 1.165) is 0 Å². The topological polar surface area (TPSA) is 49.8 Å². The number of carboxylic acid groups (broad SMARTS) is 1. The Morgan fingerprint density at radius 1 is 1.50 bits per heavy atom. The molecule has 1 aromatic carbocycles. The van der Waals surface area contributed by atoms with Gasteiger partial charge >= 0.3 is 5.97 Å². The van der Waals surface area contributed by atoms with E-state index in [1.807, 2.05) is 0 Å². The van der Waals surface area contributed by atoms with Crippen LogP contribution in [0.3, 0.4) is 0 Å². The first-order valence-electron chi connectivity index (χ1n) is 6.13. The third-order valence-corrected chi connectivity index (χ3v) is 4.01. The zero-order chi connectivity index (χ0) is 14.9. The van der Waals surface area contributed by atoms with Crippen LogP contribution in [0.5, 0.6) is 0 Å². The molecule has 0 aliphatic carbocycles. The van der Waals surface area contributed by atoms with Gasteiger partial charge in [0.2, 0.25) is 0 Å². The van der Waals surface area contributed by atoms with Gasteiger partial charge in [0.1, 0.15) is 11.9 Å². The van der Waals surface area contributed by atoms with E-state index in [0.29, 0.717) is 30.3 Å². The van der Waals surface area contributed by atoms with Crippen molar-refractivity contribution in [1.82, 2.24) is 4.90 Å². The molecule has 1 fully saturated rings. The Balaban J connectivity index is 2.21. The lowest BCUT2D eigenvalue weighted by molar-refractivity contribution is -0.145. The van der Waals surface area contributed by atoms with E-state index in [4.69, 9.17) is 33.0 Å². The van der Waals surface area contributed by atoms with Crippen LogP contribution in [0.25, 0.3) is 0 Å². The highest BCUT2D eigenvalue weighted by Crippen LogP contribution is 2.32. The van der Waals surface area contributed by atoms with E-state index in [1.54, 1.807) is 11.8 Å². The van der Waals surface area contributed by atoms with Gasteiger partial charge in [-0.1, -0.05) is 23.2 Å². The molecule has 0 bridgehead atoms. The molecule has 1 heterocycles. The van der Waals surface area contributed by atoms with Gasteiger partial charge in [-0.3, -0.25) is 9.69 Å². The fourth-order valence-electron chi connectivity index (χ4n) is 2.15. The van der Waals surface area contributed by atoms with Crippen LogP contribution < -0.4 is 0 Å². The van der Waals surface area contributed by atoms with Gasteiger partial charge in [0.05, 0.1) is 17.7 Å². The van der Waals surface area contributed by atoms with Gasteiger partial charge in [-0.25, -0.2) is 4.39 Å². The Labute approximate surface area is 126 Å². The van der Waals surface area contributed by atoms with E-state index >= 15 is 0 Å². The van der Waals surface area contributed by atoms with Crippen LogP contribution in [0.4, 0.5) is 4.39 Å². The Bertz CT molecular complexity index is 527. The minimum atomic E-state index is -0.904. The summed E-state index contributed by atoms with van der Waals surface area (Å²) < 4.78 is 19.1. The number of nitrogens with zero attached hydrogens (tertiary/aromatic N) is 1. The fourth-order valence-corrected chi connectivity index (χ4v) is 2.65. The highest BCUT2D eigenvalue weighted by Gasteiger charge is 2.30. The van der Waals surface area contributed by atoms with E-state index < -0.39 is 23.9 Å². The summed E-state index contributed by atoms with van der Waals surface area (Å²) >= 11 is 11.7. The molecular weight excluding hydrogens is 308 g/mol. The Kier molecular flexibility index (Phi) is 4.86. The molecular formula is C13H14Cl2FNO3. The molecule has 7 heteroatoms. The standard InChI is InChI=1S/C13H14Cl2FNO3/c1-7(13(18)19)17-2-3-20-12(6-17)8-4-11(16)10(15)5-9(8)14/h4-5,7,12H,2-3,6H2,1H3,(H,18,19). The predicted octanol–water partition coefficient (Wildman–Crippen LogP) is 2.98. The van der Waals surface area contributed by atoms with Crippen molar-refractivity contribution in [3.05, 3.63) is 33.6 Å². The van der Waals surface area contributed by atoms with Gasteiger partial charge in [-0.05, 0) is 19.1 Å². The second-order valence-corrected chi connectivity index (χ2v) is 5.47. The van der Waals surface area contributed by atoms with Crippen molar-refractivity contribution in [2.45, 2.75) is 19.1 Å². The van der Waals surface area contributed by atoms with Crippen LogP contribution in [0, 0.1) is 5.82 Å². The molecule has 110 valence electrons. The molecule has 0 spiro atoms. The maximum absolute atomic E-state index is 13.5. The minimum Gasteiger partial charge on any atom is -0.480 e. The number of ether oxygens (including phenoxy) is 1. The quantitative estimate of drug-likeness (QED) is 0.869. The van der Waals surface area contributed by atoms with Gasteiger partial charge in [0.15, 0.2) is 0 Å². The molecule has 4 nitrogen and oxygen atoms in total. The lowest BCUT2D eigenvalue weighted by atomic mass is 10.1. The first-order chi connectivity index (χ1) is 9.40. The number of hydrogen-bond acceptors (Lipinski definition) is 3. The number of halogens is 3. The van der Waals surface area contributed by atoms with Gasteiger partial charge in [-0.2, -0.15) is 0 Å². The van der Waals surface area contributed by atoms with Gasteiger partial charge < -0.3 is 9.84 Å². The highest BCUT2D eigenvalue weighted by molar-refractivity contribution is 6.35. The van der Waals surface area contributed by atoms with E-state index in [9.17, 15) is 9.18 Å². The Hall–Kier alpha value is -0.880. The lowest BCUT2D eigenvalue weighted by Crippen LogP contribution is -2.46. The average molecular weight is 322 g/mol. The third kappa shape index (κ3) is 3.23. The summed E-state index contributed by atoms with van der Waals surface area (Å²) in [6, 6.07) is 1.94. The summed E-state index contributed by atoms with van der Waals surface area (Å²) in [7, 11) is 0. The number of carboxylic acids is 1. The average Bonchev–Trinajstić information content (AvgIpc) is 2.42. The summed E-state index contributed by atoms with van der Waals surface area (Å²) in [6.45, 7) is 2.82. The van der Waals surface area contributed by atoms with Crippen LogP contribution in [0.2, 0.25) is 10.0 Å². The number of aliphatic carboxylic acids is 1. The predicted molar refractivity (Wildman–Crippen MR) is 73.8 cm³/mol. The van der Waals surface area contributed by atoms with Crippen LogP contribution in [0.1, 0.15) is 18.6 Å². The number of hydrogen-bond donors (Lipinski definition) is 1. The van der Waals surface area contributed by atoms with Crippen LogP contribution in [-0.4, -0.2) is 41.7 Å². The summed E-state index contributed by atoms with van der Waals surface area (Å²) in [4.78, 5) is 12.8. The Morgan fingerprint density at radius 3 is 2.85 bits per heavy atom. The van der Waals surface area contributed by atoms with Crippen molar-refractivity contribution < 1.29 is 19.0 Å². The Morgan fingerprint density at radius 2 is 2.20 bits per heavy atom. The molecule has 20 heavy (non-hydrogen) atoms. The molecule has 1 aliphatic heterocycles. The molecule has 2 rings (SSSR count). The number of rotatable bonds is 3.